The fourth-order valence-corrected chi connectivity index (χ4v) is 3.09. The summed E-state index contributed by atoms with van der Waals surface area (Å²) >= 11 is 0. The third-order valence-electron chi connectivity index (χ3n) is 4.77. The van der Waals surface area contributed by atoms with E-state index in [4.69, 9.17) is 9.47 Å². The van der Waals surface area contributed by atoms with Crippen LogP contribution in [0.2, 0.25) is 0 Å². The Labute approximate surface area is 169 Å². The van der Waals surface area contributed by atoms with Gasteiger partial charge in [0, 0.05) is 43.9 Å². The highest BCUT2D eigenvalue weighted by molar-refractivity contribution is 5.96. The zero-order valence-electron chi connectivity index (χ0n) is 16.4. The lowest BCUT2D eigenvalue weighted by Crippen LogP contribution is -2.50. The number of carbonyl (C=O) groups excluding carboxylic acids is 2. The number of benzene rings is 2. The predicted octanol–water partition coefficient (Wildman–Crippen LogP) is 2.84. The van der Waals surface area contributed by atoms with Gasteiger partial charge >= 0.3 is 0 Å². The minimum atomic E-state index is -0.317. The first kappa shape index (κ1) is 20.4. The van der Waals surface area contributed by atoms with E-state index in [1.54, 1.807) is 46.2 Å². The fraction of sp³-hybridized carbons (Fsp3) is 0.273. The smallest absolute Gasteiger partial charge is 0.254 e. The Kier molecular flexibility index (Phi) is 6.49. The van der Waals surface area contributed by atoms with Crippen LogP contribution in [0.3, 0.4) is 0 Å². The molecule has 2 amide bonds. The molecule has 0 atom stereocenters. The van der Waals surface area contributed by atoms with Crippen molar-refractivity contribution < 1.29 is 23.5 Å². The molecule has 0 bridgehead atoms. The number of hydrogen-bond donors (Lipinski definition) is 0. The summed E-state index contributed by atoms with van der Waals surface area (Å²) in [7, 11) is 3.07. The molecule has 0 unspecified atom stereocenters. The molecule has 1 heterocycles. The third-order valence-corrected chi connectivity index (χ3v) is 4.77. The molecule has 0 aliphatic carbocycles. The first-order chi connectivity index (χ1) is 14.0. The number of rotatable bonds is 5. The molecule has 1 saturated heterocycles. The van der Waals surface area contributed by atoms with Gasteiger partial charge in [-0.1, -0.05) is 12.1 Å². The number of ether oxygens (including phenoxy) is 2. The monoisotopic (exact) mass is 398 g/mol. The van der Waals surface area contributed by atoms with Crippen LogP contribution in [0.4, 0.5) is 4.39 Å². The van der Waals surface area contributed by atoms with Crippen molar-refractivity contribution in [2.24, 2.45) is 0 Å². The molecule has 1 aliphatic rings. The maximum absolute atomic E-state index is 12.9. The second kappa shape index (κ2) is 9.23. The number of methoxy groups -OCH3 is 2. The maximum atomic E-state index is 12.9. The highest BCUT2D eigenvalue weighted by Crippen LogP contribution is 2.23. The van der Waals surface area contributed by atoms with Crippen LogP contribution in [0.15, 0.2) is 48.5 Å². The first-order valence-corrected chi connectivity index (χ1v) is 9.25. The van der Waals surface area contributed by atoms with Crippen molar-refractivity contribution in [2.75, 3.05) is 40.4 Å². The molecule has 7 heteroatoms. The summed E-state index contributed by atoms with van der Waals surface area (Å²) in [6, 6.07) is 11.0. The number of piperazine rings is 1. The molecule has 0 aromatic heterocycles. The Morgan fingerprint density at radius 2 is 1.45 bits per heavy atom. The van der Waals surface area contributed by atoms with Gasteiger partial charge in [0.2, 0.25) is 5.91 Å². The van der Waals surface area contributed by atoms with Crippen LogP contribution < -0.4 is 9.47 Å². The van der Waals surface area contributed by atoms with Crippen LogP contribution in [0.5, 0.6) is 11.5 Å². The summed E-state index contributed by atoms with van der Waals surface area (Å²) in [5.41, 5.74) is 1.23. The number of carbonyl (C=O) groups is 2. The van der Waals surface area contributed by atoms with E-state index in [9.17, 15) is 14.0 Å². The summed E-state index contributed by atoms with van der Waals surface area (Å²) in [6.07, 6.45) is 3.12. The van der Waals surface area contributed by atoms with Crippen molar-refractivity contribution in [3.8, 4) is 11.5 Å². The van der Waals surface area contributed by atoms with Crippen molar-refractivity contribution in [3.05, 3.63) is 65.5 Å². The Balaban J connectivity index is 1.59. The SMILES string of the molecule is COc1cc(OC)cc(C(=O)N2CCN(C(=O)/C=C/c3ccc(F)cc3)CC2)c1. The van der Waals surface area contributed by atoms with Gasteiger partial charge in [0.25, 0.3) is 5.91 Å². The molecule has 0 N–H and O–H groups in total. The summed E-state index contributed by atoms with van der Waals surface area (Å²) in [5, 5.41) is 0. The Morgan fingerprint density at radius 1 is 0.897 bits per heavy atom. The van der Waals surface area contributed by atoms with E-state index in [1.165, 1.54) is 32.4 Å². The quantitative estimate of drug-likeness (QED) is 0.727. The van der Waals surface area contributed by atoms with Crippen molar-refractivity contribution in [2.45, 2.75) is 0 Å². The van der Waals surface area contributed by atoms with E-state index in [0.29, 0.717) is 43.2 Å². The molecule has 3 rings (SSSR count). The molecule has 1 fully saturated rings. The maximum Gasteiger partial charge on any atom is 0.254 e. The molecular formula is C22H23FN2O4. The largest absolute Gasteiger partial charge is 0.497 e. The third kappa shape index (κ3) is 5.13. The second-order valence-corrected chi connectivity index (χ2v) is 6.60. The normalized spacial score (nSPS) is 14.2. The van der Waals surface area contributed by atoms with E-state index in [-0.39, 0.29) is 17.6 Å². The minimum absolute atomic E-state index is 0.129. The summed E-state index contributed by atoms with van der Waals surface area (Å²) < 4.78 is 23.4. The van der Waals surface area contributed by atoms with Gasteiger partial charge in [0.05, 0.1) is 14.2 Å². The molecule has 0 radical (unpaired) electrons. The molecule has 29 heavy (non-hydrogen) atoms. The first-order valence-electron chi connectivity index (χ1n) is 9.25. The molecule has 6 nitrogen and oxygen atoms in total. The van der Waals surface area contributed by atoms with E-state index in [2.05, 4.69) is 0 Å². The van der Waals surface area contributed by atoms with Gasteiger partial charge < -0.3 is 19.3 Å². The molecule has 1 aliphatic heterocycles. The number of hydrogen-bond acceptors (Lipinski definition) is 4. The standard InChI is InChI=1S/C22H23FN2O4/c1-28-19-13-17(14-20(15-19)29-2)22(27)25-11-9-24(10-12-25)21(26)8-5-16-3-6-18(23)7-4-16/h3-8,13-15H,9-12H2,1-2H3/b8-5+. The van der Waals surface area contributed by atoms with Gasteiger partial charge in [-0.25, -0.2) is 4.39 Å². The molecule has 2 aromatic carbocycles. The van der Waals surface area contributed by atoms with Crippen LogP contribution in [0.1, 0.15) is 15.9 Å². The Morgan fingerprint density at radius 3 is 2.00 bits per heavy atom. The van der Waals surface area contributed by atoms with Gasteiger partial charge in [-0.15, -0.1) is 0 Å². The average molecular weight is 398 g/mol. The van der Waals surface area contributed by atoms with Gasteiger partial charge in [-0.05, 0) is 35.9 Å². The van der Waals surface area contributed by atoms with Gasteiger partial charge in [-0.2, -0.15) is 0 Å². The van der Waals surface area contributed by atoms with Gasteiger partial charge in [-0.3, -0.25) is 9.59 Å². The van der Waals surface area contributed by atoms with Crippen LogP contribution in [-0.4, -0.2) is 62.0 Å². The van der Waals surface area contributed by atoms with Crippen LogP contribution in [0.25, 0.3) is 6.08 Å². The molecular weight excluding hydrogens is 375 g/mol. The number of nitrogens with zero attached hydrogens (tertiary/aromatic N) is 2. The zero-order chi connectivity index (χ0) is 20.8. The van der Waals surface area contributed by atoms with Gasteiger partial charge in [0.15, 0.2) is 0 Å². The second-order valence-electron chi connectivity index (χ2n) is 6.60. The molecule has 152 valence electrons. The topological polar surface area (TPSA) is 59.1 Å². The van der Waals surface area contributed by atoms with Crippen LogP contribution >= 0.6 is 0 Å². The van der Waals surface area contributed by atoms with E-state index in [1.807, 2.05) is 0 Å². The van der Waals surface area contributed by atoms with E-state index < -0.39 is 0 Å². The lowest BCUT2D eigenvalue weighted by atomic mass is 10.1. The minimum Gasteiger partial charge on any atom is -0.497 e. The highest BCUT2D eigenvalue weighted by atomic mass is 19.1. The Hall–Kier alpha value is -3.35. The lowest BCUT2D eigenvalue weighted by molar-refractivity contribution is -0.127. The van der Waals surface area contributed by atoms with Crippen molar-refractivity contribution in [3.63, 3.8) is 0 Å². The summed E-state index contributed by atoms with van der Waals surface area (Å²) in [4.78, 5) is 28.6. The number of halogens is 1. The van der Waals surface area contributed by atoms with Crippen molar-refractivity contribution >= 4 is 17.9 Å². The lowest BCUT2D eigenvalue weighted by Gasteiger charge is -2.34. The summed E-state index contributed by atoms with van der Waals surface area (Å²) in [5.74, 6) is 0.517. The van der Waals surface area contributed by atoms with Crippen LogP contribution in [0, 0.1) is 5.82 Å². The molecule has 2 aromatic rings. The average Bonchev–Trinajstić information content (AvgIpc) is 2.77. The van der Waals surface area contributed by atoms with Crippen molar-refractivity contribution in [1.82, 2.24) is 9.80 Å². The molecule has 0 saturated carbocycles. The predicted molar refractivity (Wildman–Crippen MR) is 107 cm³/mol. The zero-order valence-corrected chi connectivity index (χ0v) is 16.4. The fourth-order valence-electron chi connectivity index (χ4n) is 3.09. The van der Waals surface area contributed by atoms with Crippen LogP contribution in [-0.2, 0) is 4.79 Å². The summed E-state index contributed by atoms with van der Waals surface area (Å²) in [6.45, 7) is 1.77. The van der Waals surface area contributed by atoms with E-state index in [0.717, 1.165) is 5.56 Å². The van der Waals surface area contributed by atoms with E-state index >= 15 is 0 Å². The van der Waals surface area contributed by atoms with Gasteiger partial charge in [0.1, 0.15) is 17.3 Å². The number of amides is 2. The highest BCUT2D eigenvalue weighted by Gasteiger charge is 2.24. The molecule has 0 spiro atoms. The van der Waals surface area contributed by atoms with Crippen molar-refractivity contribution in [1.29, 1.82) is 0 Å². The Bertz CT molecular complexity index is 881.